The lowest BCUT2D eigenvalue weighted by Crippen LogP contribution is -2.40. The van der Waals surface area contributed by atoms with Crippen LogP contribution in [0.15, 0.2) is 60.7 Å². The molecule has 2 aromatic rings. The second-order valence-corrected chi connectivity index (χ2v) is 6.72. The van der Waals surface area contributed by atoms with E-state index in [0.29, 0.717) is 18.2 Å². The molecule has 1 saturated carbocycles. The van der Waals surface area contributed by atoms with Gasteiger partial charge in [-0.1, -0.05) is 67.6 Å². The van der Waals surface area contributed by atoms with E-state index in [-0.39, 0.29) is 0 Å². The quantitative estimate of drug-likeness (QED) is 0.778. The summed E-state index contributed by atoms with van der Waals surface area (Å²) in [6.07, 6.45) is 2.20. The molecule has 2 aliphatic rings. The molecule has 22 heavy (non-hydrogen) atoms. The van der Waals surface area contributed by atoms with E-state index >= 15 is 0 Å². The van der Waals surface area contributed by atoms with Crippen LogP contribution < -0.4 is 0 Å². The molecule has 2 heteroatoms. The largest absolute Gasteiger partial charge is 0.368 e. The Hall–Kier alpha value is -1.64. The van der Waals surface area contributed by atoms with Gasteiger partial charge in [-0.15, -0.1) is 0 Å². The molecule has 0 N–H and O–H groups in total. The molecule has 1 heterocycles. The summed E-state index contributed by atoms with van der Waals surface area (Å²) in [4.78, 5) is 2.62. The Balaban J connectivity index is 1.57. The summed E-state index contributed by atoms with van der Waals surface area (Å²) < 4.78 is 5.85. The molecule has 0 bridgehead atoms. The van der Waals surface area contributed by atoms with Crippen LogP contribution in [0.4, 0.5) is 0 Å². The number of hydrogen-bond acceptors (Lipinski definition) is 2. The van der Waals surface area contributed by atoms with Crippen LogP contribution in [0.1, 0.15) is 24.5 Å². The standard InChI is InChI=1S/C20H23NO/c1-15-12-18-20(22-18)19(15)21(13-16-8-4-2-5-9-16)14-17-10-6-3-7-11-17/h2-11,15,18-20H,12-14H2,1H3/t15?,18-,19+,20-/m0/s1. The summed E-state index contributed by atoms with van der Waals surface area (Å²) in [7, 11) is 0. The van der Waals surface area contributed by atoms with Crippen molar-refractivity contribution in [3.8, 4) is 0 Å². The predicted molar refractivity (Wildman–Crippen MR) is 88.4 cm³/mol. The molecule has 2 nitrogen and oxygen atoms in total. The molecule has 1 unspecified atom stereocenters. The number of epoxide rings is 1. The highest BCUT2D eigenvalue weighted by atomic mass is 16.6. The zero-order valence-electron chi connectivity index (χ0n) is 13.1. The van der Waals surface area contributed by atoms with Crippen LogP contribution in [0.3, 0.4) is 0 Å². The monoisotopic (exact) mass is 293 g/mol. The van der Waals surface area contributed by atoms with Crippen LogP contribution in [0.25, 0.3) is 0 Å². The molecule has 4 rings (SSSR count). The average molecular weight is 293 g/mol. The number of ether oxygens (including phenoxy) is 1. The third-order valence-corrected chi connectivity index (χ3v) is 5.02. The van der Waals surface area contributed by atoms with Crippen LogP contribution in [0, 0.1) is 5.92 Å². The first-order chi connectivity index (χ1) is 10.8. The van der Waals surface area contributed by atoms with E-state index in [1.165, 1.54) is 17.5 Å². The topological polar surface area (TPSA) is 15.8 Å². The first kappa shape index (κ1) is 14.0. The Kier molecular flexibility index (Phi) is 3.73. The highest BCUT2D eigenvalue weighted by molar-refractivity contribution is 5.19. The molecule has 2 fully saturated rings. The third kappa shape index (κ3) is 2.81. The number of benzene rings is 2. The number of fused-ring (bicyclic) bond motifs is 1. The molecule has 2 aromatic carbocycles. The van der Waals surface area contributed by atoms with Gasteiger partial charge >= 0.3 is 0 Å². The maximum atomic E-state index is 5.85. The van der Waals surface area contributed by atoms with Crippen LogP contribution in [0.5, 0.6) is 0 Å². The molecule has 0 radical (unpaired) electrons. The van der Waals surface area contributed by atoms with Gasteiger partial charge in [0.1, 0.15) is 0 Å². The summed E-state index contributed by atoms with van der Waals surface area (Å²) >= 11 is 0. The van der Waals surface area contributed by atoms with Crippen molar-refractivity contribution in [1.29, 1.82) is 0 Å². The zero-order chi connectivity index (χ0) is 14.9. The predicted octanol–water partition coefficient (Wildman–Crippen LogP) is 3.86. The van der Waals surface area contributed by atoms with Crippen LogP contribution in [-0.2, 0) is 17.8 Å². The SMILES string of the molecule is CC1C[C@@H]2O[C@@H]2[C@@H]1N(Cc1ccccc1)Cc1ccccc1. The molecule has 0 aromatic heterocycles. The lowest BCUT2D eigenvalue weighted by Gasteiger charge is -2.33. The first-order valence-corrected chi connectivity index (χ1v) is 8.28. The molecule has 114 valence electrons. The first-order valence-electron chi connectivity index (χ1n) is 8.28. The van der Waals surface area contributed by atoms with Gasteiger partial charge in [-0.25, -0.2) is 0 Å². The minimum Gasteiger partial charge on any atom is -0.368 e. The van der Waals surface area contributed by atoms with E-state index in [1.807, 2.05) is 0 Å². The van der Waals surface area contributed by atoms with E-state index in [0.717, 1.165) is 19.0 Å². The van der Waals surface area contributed by atoms with Crippen molar-refractivity contribution in [2.75, 3.05) is 0 Å². The normalized spacial score (nSPS) is 29.5. The fourth-order valence-electron chi connectivity index (χ4n) is 3.95. The summed E-state index contributed by atoms with van der Waals surface area (Å²) in [6.45, 7) is 4.37. The zero-order valence-corrected chi connectivity index (χ0v) is 13.1. The summed E-state index contributed by atoms with van der Waals surface area (Å²) in [5, 5.41) is 0. The number of nitrogens with zero attached hydrogens (tertiary/aromatic N) is 1. The molecule has 0 spiro atoms. The molecular weight excluding hydrogens is 270 g/mol. The Labute approximate surface area is 132 Å². The molecule has 1 aliphatic carbocycles. The van der Waals surface area contributed by atoms with Crippen molar-refractivity contribution in [3.63, 3.8) is 0 Å². The van der Waals surface area contributed by atoms with Gasteiger partial charge in [0.15, 0.2) is 0 Å². The summed E-state index contributed by atoms with van der Waals surface area (Å²) in [5.41, 5.74) is 2.77. The van der Waals surface area contributed by atoms with Crippen molar-refractivity contribution in [2.24, 2.45) is 5.92 Å². The minimum absolute atomic E-state index is 0.461. The molecule has 0 amide bonds. The Bertz CT molecular complexity index is 569. The lowest BCUT2D eigenvalue weighted by molar-refractivity contribution is 0.0942. The van der Waals surface area contributed by atoms with Crippen molar-refractivity contribution in [1.82, 2.24) is 4.90 Å². The summed E-state index contributed by atoms with van der Waals surface area (Å²) in [6, 6.07) is 22.1. The van der Waals surface area contributed by atoms with Crippen molar-refractivity contribution in [2.45, 2.75) is 44.7 Å². The van der Waals surface area contributed by atoms with Gasteiger partial charge in [0.05, 0.1) is 12.2 Å². The second kappa shape index (κ2) is 5.86. The fourth-order valence-corrected chi connectivity index (χ4v) is 3.95. The van der Waals surface area contributed by atoms with Gasteiger partial charge in [0.2, 0.25) is 0 Å². The van der Waals surface area contributed by atoms with Gasteiger partial charge in [-0.2, -0.15) is 0 Å². The van der Waals surface area contributed by atoms with Crippen LogP contribution in [0.2, 0.25) is 0 Å². The van der Waals surface area contributed by atoms with Gasteiger partial charge in [0, 0.05) is 19.1 Å². The number of rotatable bonds is 5. The number of hydrogen-bond donors (Lipinski definition) is 0. The van der Waals surface area contributed by atoms with E-state index in [2.05, 4.69) is 72.5 Å². The molecule has 4 atom stereocenters. The van der Waals surface area contributed by atoms with Gasteiger partial charge in [0.25, 0.3) is 0 Å². The second-order valence-electron chi connectivity index (χ2n) is 6.72. The van der Waals surface area contributed by atoms with Gasteiger partial charge in [-0.3, -0.25) is 4.90 Å². The Morgan fingerprint density at radius 1 is 0.909 bits per heavy atom. The summed E-state index contributed by atoms with van der Waals surface area (Å²) in [5.74, 6) is 0.719. The Morgan fingerprint density at radius 2 is 1.45 bits per heavy atom. The van der Waals surface area contributed by atoms with E-state index < -0.39 is 0 Å². The van der Waals surface area contributed by atoms with Crippen molar-refractivity contribution in [3.05, 3.63) is 71.8 Å². The minimum atomic E-state index is 0.461. The highest BCUT2D eigenvalue weighted by Crippen LogP contribution is 2.45. The van der Waals surface area contributed by atoms with Gasteiger partial charge < -0.3 is 4.74 Å². The van der Waals surface area contributed by atoms with E-state index in [4.69, 9.17) is 4.74 Å². The van der Waals surface area contributed by atoms with E-state index in [9.17, 15) is 0 Å². The Morgan fingerprint density at radius 3 is 1.91 bits per heavy atom. The van der Waals surface area contributed by atoms with Crippen molar-refractivity contribution < 1.29 is 4.74 Å². The van der Waals surface area contributed by atoms with E-state index in [1.54, 1.807) is 0 Å². The van der Waals surface area contributed by atoms with Gasteiger partial charge in [-0.05, 0) is 23.5 Å². The lowest BCUT2D eigenvalue weighted by atomic mass is 10.0. The van der Waals surface area contributed by atoms with Crippen LogP contribution in [-0.4, -0.2) is 23.1 Å². The van der Waals surface area contributed by atoms with Crippen LogP contribution >= 0.6 is 0 Å². The third-order valence-electron chi connectivity index (χ3n) is 5.02. The molecule has 1 saturated heterocycles. The average Bonchev–Trinajstić information content (AvgIpc) is 3.20. The maximum absolute atomic E-state index is 5.85. The fraction of sp³-hybridized carbons (Fsp3) is 0.400. The van der Waals surface area contributed by atoms with Crippen molar-refractivity contribution >= 4 is 0 Å². The highest BCUT2D eigenvalue weighted by Gasteiger charge is 2.55. The molecular formula is C20H23NO. The smallest absolute Gasteiger partial charge is 0.0999 e. The maximum Gasteiger partial charge on any atom is 0.0999 e. The molecule has 1 aliphatic heterocycles.